The molecule has 1 atom stereocenters. The van der Waals surface area contributed by atoms with E-state index in [-0.39, 0.29) is 5.97 Å². The SMILES string of the molecule is CCCOC1(C(=O)OCC)Cc2ccccc2N1. The Labute approximate surface area is 107 Å². The van der Waals surface area contributed by atoms with Crippen molar-refractivity contribution in [1.82, 2.24) is 0 Å². The van der Waals surface area contributed by atoms with Gasteiger partial charge >= 0.3 is 5.97 Å². The zero-order valence-electron chi connectivity index (χ0n) is 10.9. The monoisotopic (exact) mass is 249 g/mol. The first-order valence-electron chi connectivity index (χ1n) is 6.39. The van der Waals surface area contributed by atoms with Gasteiger partial charge in [0.25, 0.3) is 0 Å². The van der Waals surface area contributed by atoms with E-state index in [4.69, 9.17) is 9.47 Å². The van der Waals surface area contributed by atoms with Crippen molar-refractivity contribution in [3.63, 3.8) is 0 Å². The molecule has 0 spiro atoms. The number of carbonyl (C=O) groups is 1. The predicted octanol–water partition coefficient (Wildman–Crippen LogP) is 2.34. The topological polar surface area (TPSA) is 47.6 Å². The summed E-state index contributed by atoms with van der Waals surface area (Å²) in [6, 6.07) is 7.85. The fraction of sp³-hybridized carbons (Fsp3) is 0.500. The maximum Gasteiger partial charge on any atom is 0.360 e. The van der Waals surface area contributed by atoms with Gasteiger partial charge in [0.15, 0.2) is 0 Å². The van der Waals surface area contributed by atoms with Gasteiger partial charge in [0.1, 0.15) is 0 Å². The molecular formula is C14H19NO3. The van der Waals surface area contributed by atoms with Gasteiger partial charge in [0.05, 0.1) is 6.61 Å². The van der Waals surface area contributed by atoms with Crippen LogP contribution < -0.4 is 5.32 Å². The molecule has 4 nitrogen and oxygen atoms in total. The lowest BCUT2D eigenvalue weighted by molar-refractivity contribution is -0.167. The summed E-state index contributed by atoms with van der Waals surface area (Å²) < 4.78 is 10.9. The summed E-state index contributed by atoms with van der Waals surface area (Å²) in [5, 5.41) is 3.17. The van der Waals surface area contributed by atoms with Gasteiger partial charge in [-0.2, -0.15) is 0 Å². The molecule has 0 saturated carbocycles. The molecule has 0 radical (unpaired) electrons. The first-order valence-corrected chi connectivity index (χ1v) is 6.39. The van der Waals surface area contributed by atoms with Crippen molar-refractivity contribution >= 4 is 11.7 Å². The highest BCUT2D eigenvalue weighted by molar-refractivity contribution is 5.86. The van der Waals surface area contributed by atoms with E-state index in [9.17, 15) is 4.79 Å². The van der Waals surface area contributed by atoms with Gasteiger partial charge in [0.2, 0.25) is 5.72 Å². The molecule has 1 aromatic rings. The zero-order valence-corrected chi connectivity index (χ0v) is 10.9. The van der Waals surface area contributed by atoms with Crippen molar-refractivity contribution < 1.29 is 14.3 Å². The van der Waals surface area contributed by atoms with E-state index in [0.29, 0.717) is 19.6 Å². The highest BCUT2D eigenvalue weighted by atomic mass is 16.6. The van der Waals surface area contributed by atoms with Crippen molar-refractivity contribution in [2.24, 2.45) is 0 Å². The molecule has 0 amide bonds. The lowest BCUT2D eigenvalue weighted by Gasteiger charge is -2.27. The third-order valence-electron chi connectivity index (χ3n) is 2.95. The van der Waals surface area contributed by atoms with Gasteiger partial charge in [-0.3, -0.25) is 0 Å². The van der Waals surface area contributed by atoms with Crippen LogP contribution in [0.1, 0.15) is 25.8 Å². The first-order chi connectivity index (χ1) is 8.72. The van der Waals surface area contributed by atoms with Crippen LogP contribution in [0.15, 0.2) is 24.3 Å². The Balaban J connectivity index is 2.21. The summed E-state index contributed by atoms with van der Waals surface area (Å²) >= 11 is 0. The van der Waals surface area contributed by atoms with E-state index in [1.165, 1.54) is 0 Å². The normalized spacial score (nSPS) is 21.2. The number of esters is 1. The third-order valence-corrected chi connectivity index (χ3v) is 2.95. The first kappa shape index (κ1) is 12.9. The van der Waals surface area contributed by atoms with E-state index < -0.39 is 5.72 Å². The third kappa shape index (κ3) is 2.34. The van der Waals surface area contributed by atoms with Gasteiger partial charge < -0.3 is 14.8 Å². The van der Waals surface area contributed by atoms with Crippen LogP contribution >= 0.6 is 0 Å². The maximum atomic E-state index is 12.1. The molecule has 1 N–H and O–H groups in total. The number of rotatable bonds is 5. The predicted molar refractivity (Wildman–Crippen MR) is 69.4 cm³/mol. The van der Waals surface area contributed by atoms with Crippen LogP contribution in [0.4, 0.5) is 5.69 Å². The molecule has 98 valence electrons. The van der Waals surface area contributed by atoms with Crippen LogP contribution in [-0.4, -0.2) is 24.9 Å². The smallest absolute Gasteiger partial charge is 0.360 e. The molecule has 1 unspecified atom stereocenters. The van der Waals surface area contributed by atoms with Crippen LogP contribution in [-0.2, 0) is 20.7 Å². The number of hydrogen-bond donors (Lipinski definition) is 1. The van der Waals surface area contributed by atoms with Crippen molar-refractivity contribution in [3.05, 3.63) is 29.8 Å². The molecule has 4 heteroatoms. The van der Waals surface area contributed by atoms with Crippen LogP contribution in [0.5, 0.6) is 0 Å². The highest BCUT2D eigenvalue weighted by Gasteiger charge is 2.46. The number of para-hydroxylation sites is 1. The van der Waals surface area contributed by atoms with Crippen molar-refractivity contribution in [2.75, 3.05) is 18.5 Å². The van der Waals surface area contributed by atoms with Crippen molar-refractivity contribution in [2.45, 2.75) is 32.4 Å². The Morgan fingerprint density at radius 1 is 1.39 bits per heavy atom. The van der Waals surface area contributed by atoms with E-state index in [1.54, 1.807) is 6.92 Å². The molecule has 0 aliphatic carbocycles. The maximum absolute atomic E-state index is 12.1. The fourth-order valence-electron chi connectivity index (χ4n) is 2.12. The van der Waals surface area contributed by atoms with Crippen LogP contribution in [0, 0.1) is 0 Å². The molecule has 0 saturated heterocycles. The zero-order chi connectivity index (χ0) is 13.0. The molecule has 2 rings (SSSR count). The molecule has 1 aromatic carbocycles. The number of nitrogens with one attached hydrogen (secondary N) is 1. The number of anilines is 1. The van der Waals surface area contributed by atoms with E-state index in [1.807, 2.05) is 31.2 Å². The largest absolute Gasteiger partial charge is 0.462 e. The molecule has 0 fully saturated rings. The summed E-state index contributed by atoms with van der Waals surface area (Å²) in [7, 11) is 0. The second-order valence-electron chi connectivity index (χ2n) is 4.35. The van der Waals surface area contributed by atoms with E-state index in [0.717, 1.165) is 17.7 Å². The molecule has 1 aliphatic rings. The molecule has 0 bridgehead atoms. The number of fused-ring (bicyclic) bond motifs is 1. The second-order valence-corrected chi connectivity index (χ2v) is 4.35. The number of ether oxygens (including phenoxy) is 2. The van der Waals surface area contributed by atoms with Gasteiger partial charge in [-0.25, -0.2) is 4.79 Å². The van der Waals surface area contributed by atoms with E-state index in [2.05, 4.69) is 5.32 Å². The second kappa shape index (κ2) is 5.40. The Morgan fingerprint density at radius 3 is 2.83 bits per heavy atom. The number of hydrogen-bond acceptors (Lipinski definition) is 4. The highest BCUT2D eigenvalue weighted by Crippen LogP contribution is 2.34. The summed E-state index contributed by atoms with van der Waals surface area (Å²) in [6.07, 6.45) is 1.38. The Hall–Kier alpha value is -1.55. The van der Waals surface area contributed by atoms with Crippen molar-refractivity contribution in [1.29, 1.82) is 0 Å². The average Bonchev–Trinajstić information content (AvgIpc) is 2.76. The van der Waals surface area contributed by atoms with Gasteiger partial charge in [-0.1, -0.05) is 25.1 Å². The lowest BCUT2D eigenvalue weighted by atomic mass is 10.1. The minimum absolute atomic E-state index is 0.338. The van der Waals surface area contributed by atoms with Gasteiger partial charge in [-0.15, -0.1) is 0 Å². The summed E-state index contributed by atoms with van der Waals surface area (Å²) in [5.41, 5.74) is 0.985. The summed E-state index contributed by atoms with van der Waals surface area (Å²) in [5.74, 6) is -0.338. The average molecular weight is 249 g/mol. The van der Waals surface area contributed by atoms with Gasteiger partial charge in [-0.05, 0) is 25.0 Å². The number of benzene rings is 1. The van der Waals surface area contributed by atoms with E-state index >= 15 is 0 Å². The molecule has 0 aromatic heterocycles. The minimum atomic E-state index is -1.05. The van der Waals surface area contributed by atoms with Crippen LogP contribution in [0.25, 0.3) is 0 Å². The lowest BCUT2D eigenvalue weighted by Crippen LogP contribution is -2.49. The fourth-order valence-corrected chi connectivity index (χ4v) is 2.12. The summed E-state index contributed by atoms with van der Waals surface area (Å²) in [6.45, 7) is 4.70. The van der Waals surface area contributed by atoms with Crippen LogP contribution in [0.2, 0.25) is 0 Å². The quantitative estimate of drug-likeness (QED) is 0.814. The molecule has 1 aliphatic heterocycles. The Morgan fingerprint density at radius 2 is 2.17 bits per heavy atom. The Bertz CT molecular complexity index is 406. The van der Waals surface area contributed by atoms with Crippen LogP contribution in [0.3, 0.4) is 0 Å². The molecule has 18 heavy (non-hydrogen) atoms. The van der Waals surface area contributed by atoms with Gasteiger partial charge in [0, 0.05) is 18.7 Å². The van der Waals surface area contributed by atoms with Crippen molar-refractivity contribution in [3.8, 4) is 0 Å². The summed E-state index contributed by atoms with van der Waals surface area (Å²) in [4.78, 5) is 12.1. The minimum Gasteiger partial charge on any atom is -0.462 e. The Kier molecular flexibility index (Phi) is 3.87. The molecular weight excluding hydrogens is 230 g/mol. The number of carbonyl (C=O) groups excluding carboxylic acids is 1. The molecule has 1 heterocycles. The standard InChI is InChI=1S/C14H19NO3/c1-3-9-18-14(13(16)17-4-2)10-11-7-5-6-8-12(11)15-14/h5-8,15H,3-4,9-10H2,1-2H3.